The lowest BCUT2D eigenvalue weighted by Gasteiger charge is -2.05. The maximum atomic E-state index is 5.12. The van der Waals surface area contributed by atoms with Crippen molar-refractivity contribution in [3.05, 3.63) is 23.8 Å². The summed E-state index contributed by atoms with van der Waals surface area (Å²) in [5.41, 5.74) is 3.61. The number of hydrogen-bond donors (Lipinski definition) is 1. The lowest BCUT2D eigenvalue weighted by Crippen LogP contribution is -1.96. The fourth-order valence-corrected chi connectivity index (χ4v) is 1.04. The normalized spacial score (nSPS) is 10.2. The molecule has 1 rings (SSSR count). The van der Waals surface area contributed by atoms with Gasteiger partial charge in [-0.3, -0.25) is 0 Å². The Labute approximate surface area is 83.5 Å². The van der Waals surface area contributed by atoms with Crippen molar-refractivity contribution >= 4 is 6.21 Å². The Morgan fingerprint density at radius 3 is 2.14 bits per heavy atom. The van der Waals surface area contributed by atoms with Crippen LogP contribution in [0.5, 0.6) is 11.5 Å². The second-order valence-corrected chi connectivity index (χ2v) is 2.63. The van der Waals surface area contributed by atoms with Crippen LogP contribution in [0.15, 0.2) is 23.3 Å². The van der Waals surface area contributed by atoms with E-state index in [4.69, 9.17) is 9.47 Å². The molecule has 0 fully saturated rings. The summed E-state index contributed by atoms with van der Waals surface area (Å²) < 4.78 is 10.2. The molecular formula is C10H14N2O2. The zero-order valence-corrected chi connectivity index (χ0v) is 8.57. The highest BCUT2D eigenvalue weighted by atomic mass is 16.5. The van der Waals surface area contributed by atoms with Gasteiger partial charge < -0.3 is 14.9 Å². The van der Waals surface area contributed by atoms with Crippen molar-refractivity contribution in [3.63, 3.8) is 0 Å². The van der Waals surface area contributed by atoms with Crippen molar-refractivity contribution in [1.82, 2.24) is 5.43 Å². The summed E-state index contributed by atoms with van der Waals surface area (Å²) in [6.07, 6.45) is 1.70. The van der Waals surface area contributed by atoms with Gasteiger partial charge in [0.2, 0.25) is 0 Å². The van der Waals surface area contributed by atoms with E-state index in [1.807, 2.05) is 18.2 Å². The Kier molecular flexibility index (Phi) is 3.79. The Morgan fingerprint density at radius 1 is 1.14 bits per heavy atom. The van der Waals surface area contributed by atoms with Crippen molar-refractivity contribution in [3.8, 4) is 11.5 Å². The van der Waals surface area contributed by atoms with Crippen molar-refractivity contribution in [2.45, 2.75) is 0 Å². The molecule has 0 aliphatic heterocycles. The first-order valence-electron chi connectivity index (χ1n) is 4.23. The van der Waals surface area contributed by atoms with Gasteiger partial charge >= 0.3 is 0 Å². The molecule has 0 radical (unpaired) electrons. The predicted molar refractivity (Wildman–Crippen MR) is 56.2 cm³/mol. The van der Waals surface area contributed by atoms with Crippen LogP contribution in [-0.2, 0) is 0 Å². The maximum Gasteiger partial charge on any atom is 0.123 e. The molecule has 0 atom stereocenters. The Hall–Kier alpha value is -1.71. The molecule has 0 heterocycles. The highest BCUT2D eigenvalue weighted by Crippen LogP contribution is 2.21. The number of methoxy groups -OCH3 is 2. The average molecular weight is 194 g/mol. The van der Waals surface area contributed by atoms with Crippen LogP contribution in [0.25, 0.3) is 0 Å². The second kappa shape index (κ2) is 5.11. The molecule has 76 valence electrons. The highest BCUT2D eigenvalue weighted by Gasteiger charge is 1.99. The lowest BCUT2D eigenvalue weighted by atomic mass is 10.2. The van der Waals surface area contributed by atoms with Gasteiger partial charge in [-0.25, -0.2) is 0 Å². The lowest BCUT2D eigenvalue weighted by molar-refractivity contribution is 0.394. The first-order chi connectivity index (χ1) is 6.80. The standard InChI is InChI=1S/C10H14N2O2/c1-11-12-7-8-4-9(13-2)6-10(5-8)14-3/h4-7,11H,1-3H3/b12-7+. The summed E-state index contributed by atoms with van der Waals surface area (Å²) >= 11 is 0. The smallest absolute Gasteiger partial charge is 0.123 e. The van der Waals surface area contributed by atoms with Gasteiger partial charge in [0.25, 0.3) is 0 Å². The molecule has 0 aromatic heterocycles. The third-order valence-electron chi connectivity index (χ3n) is 1.72. The molecule has 0 saturated carbocycles. The summed E-state index contributed by atoms with van der Waals surface area (Å²) in [4.78, 5) is 0. The SMILES string of the molecule is CN/N=C/c1cc(OC)cc(OC)c1. The van der Waals surface area contributed by atoms with E-state index in [1.54, 1.807) is 27.5 Å². The van der Waals surface area contributed by atoms with E-state index in [0.29, 0.717) is 0 Å². The van der Waals surface area contributed by atoms with Gasteiger partial charge in [0.1, 0.15) is 11.5 Å². The second-order valence-electron chi connectivity index (χ2n) is 2.63. The molecule has 0 bridgehead atoms. The van der Waals surface area contributed by atoms with Crippen LogP contribution >= 0.6 is 0 Å². The number of nitrogens with one attached hydrogen (secondary N) is 1. The molecule has 14 heavy (non-hydrogen) atoms. The van der Waals surface area contributed by atoms with E-state index < -0.39 is 0 Å². The molecule has 0 amide bonds. The summed E-state index contributed by atoms with van der Waals surface area (Å²) in [5.74, 6) is 1.50. The Balaban J connectivity index is 2.98. The van der Waals surface area contributed by atoms with E-state index in [9.17, 15) is 0 Å². The van der Waals surface area contributed by atoms with Crippen LogP contribution < -0.4 is 14.9 Å². The molecule has 4 nitrogen and oxygen atoms in total. The molecule has 0 unspecified atom stereocenters. The van der Waals surface area contributed by atoms with Crippen LogP contribution in [0, 0.1) is 0 Å². The highest BCUT2D eigenvalue weighted by molar-refractivity contribution is 5.80. The van der Waals surface area contributed by atoms with E-state index in [2.05, 4.69) is 10.5 Å². The van der Waals surface area contributed by atoms with Crippen LogP contribution in [0.3, 0.4) is 0 Å². The summed E-state index contributed by atoms with van der Waals surface area (Å²) in [6, 6.07) is 5.57. The number of nitrogens with zero attached hydrogens (tertiary/aromatic N) is 1. The molecule has 1 N–H and O–H groups in total. The number of rotatable bonds is 4. The molecule has 0 spiro atoms. The first kappa shape index (κ1) is 10.4. The Morgan fingerprint density at radius 2 is 1.71 bits per heavy atom. The molecule has 1 aromatic rings. The van der Waals surface area contributed by atoms with E-state index in [-0.39, 0.29) is 0 Å². The quantitative estimate of drug-likeness (QED) is 0.579. The number of ether oxygens (including phenoxy) is 2. The fraction of sp³-hybridized carbons (Fsp3) is 0.300. The first-order valence-corrected chi connectivity index (χ1v) is 4.23. The largest absolute Gasteiger partial charge is 0.497 e. The van der Waals surface area contributed by atoms with Gasteiger partial charge in [0.15, 0.2) is 0 Å². The van der Waals surface area contributed by atoms with Crippen molar-refractivity contribution in [2.75, 3.05) is 21.3 Å². The molecule has 0 aliphatic carbocycles. The van der Waals surface area contributed by atoms with E-state index in [0.717, 1.165) is 17.1 Å². The third-order valence-corrected chi connectivity index (χ3v) is 1.72. The van der Waals surface area contributed by atoms with Crippen LogP contribution in [0.2, 0.25) is 0 Å². The van der Waals surface area contributed by atoms with Gasteiger partial charge in [-0.1, -0.05) is 0 Å². The number of benzene rings is 1. The minimum atomic E-state index is 0.752. The monoisotopic (exact) mass is 194 g/mol. The molecule has 0 aliphatic rings. The van der Waals surface area contributed by atoms with Crippen molar-refractivity contribution in [2.24, 2.45) is 5.10 Å². The van der Waals surface area contributed by atoms with Gasteiger partial charge in [-0.05, 0) is 12.1 Å². The minimum absolute atomic E-state index is 0.752. The summed E-state index contributed by atoms with van der Waals surface area (Å²) in [5, 5.41) is 3.91. The summed E-state index contributed by atoms with van der Waals surface area (Å²) in [6.45, 7) is 0. The molecule has 0 saturated heterocycles. The summed E-state index contributed by atoms with van der Waals surface area (Å²) in [7, 11) is 4.98. The third kappa shape index (κ3) is 2.65. The van der Waals surface area contributed by atoms with Crippen LogP contribution in [0.4, 0.5) is 0 Å². The Bertz CT molecular complexity index is 302. The van der Waals surface area contributed by atoms with Crippen molar-refractivity contribution in [1.29, 1.82) is 0 Å². The van der Waals surface area contributed by atoms with Gasteiger partial charge in [0.05, 0.1) is 20.4 Å². The average Bonchev–Trinajstić information content (AvgIpc) is 2.25. The predicted octanol–water partition coefficient (Wildman–Crippen LogP) is 1.26. The minimum Gasteiger partial charge on any atom is -0.497 e. The van der Waals surface area contributed by atoms with Gasteiger partial charge in [-0.15, -0.1) is 0 Å². The van der Waals surface area contributed by atoms with Gasteiger partial charge in [-0.2, -0.15) is 5.10 Å². The van der Waals surface area contributed by atoms with Crippen LogP contribution in [0.1, 0.15) is 5.56 Å². The molecular weight excluding hydrogens is 180 g/mol. The zero-order valence-electron chi connectivity index (χ0n) is 8.57. The zero-order chi connectivity index (χ0) is 10.4. The molecule has 4 heteroatoms. The number of hydrogen-bond acceptors (Lipinski definition) is 4. The van der Waals surface area contributed by atoms with Crippen LogP contribution in [-0.4, -0.2) is 27.5 Å². The van der Waals surface area contributed by atoms with E-state index in [1.165, 1.54) is 0 Å². The van der Waals surface area contributed by atoms with Crippen molar-refractivity contribution < 1.29 is 9.47 Å². The number of hydrazone groups is 1. The topological polar surface area (TPSA) is 42.9 Å². The van der Waals surface area contributed by atoms with E-state index >= 15 is 0 Å². The molecule has 1 aromatic carbocycles. The van der Waals surface area contributed by atoms with Gasteiger partial charge in [0, 0.05) is 18.7 Å². The fourth-order valence-electron chi connectivity index (χ4n) is 1.04. The maximum absolute atomic E-state index is 5.12.